The number of nitro benzene ring substituents is 1. The molecule has 3 rings (SSSR count). The number of carbonyl (C=O) groups excluding carboxylic acids is 2. The van der Waals surface area contributed by atoms with Gasteiger partial charge in [-0.15, -0.1) is 0 Å². The molecule has 138 valence electrons. The van der Waals surface area contributed by atoms with Crippen LogP contribution in [0.4, 0.5) is 15.8 Å². The molecule has 2 amide bonds. The minimum atomic E-state index is -0.917. The maximum Gasteiger partial charge on any atom is 0.282 e. The number of amides is 2. The Morgan fingerprint density at radius 2 is 1.89 bits per heavy atom. The quantitative estimate of drug-likeness (QED) is 0.373. The number of nitrogens with zero attached hydrogens (tertiary/aromatic N) is 2. The van der Waals surface area contributed by atoms with Crippen molar-refractivity contribution in [1.29, 1.82) is 0 Å². The molecule has 2 aromatic carbocycles. The van der Waals surface area contributed by atoms with Crippen molar-refractivity contribution in [2.75, 3.05) is 12.1 Å². The van der Waals surface area contributed by atoms with Crippen LogP contribution in [0.1, 0.15) is 5.56 Å². The minimum absolute atomic E-state index is 0.0672. The Bertz CT molecular complexity index is 987. The van der Waals surface area contributed by atoms with Crippen LogP contribution >= 0.6 is 0 Å². The Morgan fingerprint density at radius 1 is 1.22 bits per heavy atom. The van der Waals surface area contributed by atoms with Gasteiger partial charge in [0.1, 0.15) is 17.1 Å². The van der Waals surface area contributed by atoms with Crippen LogP contribution in [0.3, 0.4) is 0 Å². The van der Waals surface area contributed by atoms with Gasteiger partial charge in [0, 0.05) is 11.8 Å². The van der Waals surface area contributed by atoms with Gasteiger partial charge in [-0.3, -0.25) is 25.1 Å². The van der Waals surface area contributed by atoms with Gasteiger partial charge in [0.05, 0.1) is 17.7 Å². The summed E-state index contributed by atoms with van der Waals surface area (Å²) in [6.45, 7) is 0. The van der Waals surface area contributed by atoms with Crippen molar-refractivity contribution < 1.29 is 28.7 Å². The Labute approximate surface area is 151 Å². The average Bonchev–Trinajstić information content (AvgIpc) is 2.91. The van der Waals surface area contributed by atoms with Crippen LogP contribution in [0.25, 0.3) is 6.08 Å². The molecule has 10 heteroatoms. The molecule has 27 heavy (non-hydrogen) atoms. The number of hydrazine groups is 1. The van der Waals surface area contributed by atoms with E-state index in [9.17, 15) is 29.2 Å². The van der Waals surface area contributed by atoms with E-state index >= 15 is 0 Å². The lowest BCUT2D eigenvalue weighted by molar-refractivity contribution is -0.398. The third-order valence-corrected chi connectivity index (χ3v) is 3.76. The molecule has 1 aliphatic rings. The summed E-state index contributed by atoms with van der Waals surface area (Å²) in [6, 6.07) is 6.98. The van der Waals surface area contributed by atoms with E-state index in [0.29, 0.717) is 0 Å². The van der Waals surface area contributed by atoms with Crippen molar-refractivity contribution in [3.05, 3.63) is 63.5 Å². The van der Waals surface area contributed by atoms with Crippen LogP contribution in [0.5, 0.6) is 11.5 Å². The number of nitro groups is 1. The normalized spacial score (nSPS) is 15.2. The van der Waals surface area contributed by atoms with Crippen molar-refractivity contribution in [3.63, 3.8) is 0 Å². The van der Waals surface area contributed by atoms with Gasteiger partial charge in [-0.1, -0.05) is 0 Å². The van der Waals surface area contributed by atoms with E-state index in [0.717, 1.165) is 29.3 Å². The van der Waals surface area contributed by atoms with Gasteiger partial charge in [-0.2, -0.15) is 0 Å². The largest absolute Gasteiger partial charge is 0.865 e. The molecule has 0 aromatic heterocycles. The molecular formula is C17H11FN3O6-. The smallest absolute Gasteiger partial charge is 0.282 e. The fourth-order valence-corrected chi connectivity index (χ4v) is 2.47. The maximum absolute atomic E-state index is 13.0. The number of anilines is 1. The number of carbonyl (C=O) groups is 2. The third kappa shape index (κ3) is 3.27. The summed E-state index contributed by atoms with van der Waals surface area (Å²) in [6.07, 6.45) is 1.11. The van der Waals surface area contributed by atoms with Gasteiger partial charge >= 0.3 is 0 Å². The Morgan fingerprint density at radius 3 is 2.48 bits per heavy atom. The lowest BCUT2D eigenvalue weighted by Crippen LogP contribution is -2.35. The van der Waals surface area contributed by atoms with E-state index in [1.54, 1.807) is 0 Å². The average molecular weight is 372 g/mol. The first-order chi connectivity index (χ1) is 12.8. The zero-order chi connectivity index (χ0) is 19.7. The molecule has 0 saturated carbocycles. The highest BCUT2D eigenvalue weighted by atomic mass is 19.1. The number of halogens is 1. The summed E-state index contributed by atoms with van der Waals surface area (Å²) < 4.78 is 17.8. The lowest BCUT2D eigenvalue weighted by Gasteiger charge is -2.14. The second kappa shape index (κ2) is 6.75. The van der Waals surface area contributed by atoms with Crippen LogP contribution < -0.4 is 20.3 Å². The SMILES string of the molecule is COc1cc(/C=C2/C(=O)NN(c3ccc(F)cc3)C2=O)cc([N+](=O)[O-])c1[O-]. The van der Waals surface area contributed by atoms with Gasteiger partial charge in [0.15, 0.2) is 0 Å². The highest BCUT2D eigenvalue weighted by molar-refractivity contribution is 6.31. The molecule has 0 spiro atoms. The molecule has 1 saturated heterocycles. The number of nitrogens with one attached hydrogen (secondary N) is 1. The van der Waals surface area contributed by atoms with Crippen molar-refractivity contribution >= 4 is 29.3 Å². The molecule has 1 fully saturated rings. The van der Waals surface area contributed by atoms with Crippen molar-refractivity contribution in [2.24, 2.45) is 0 Å². The first kappa shape index (κ1) is 17.9. The second-order valence-corrected chi connectivity index (χ2v) is 5.44. The van der Waals surface area contributed by atoms with E-state index in [4.69, 9.17) is 4.74 Å². The minimum Gasteiger partial charge on any atom is -0.865 e. The fourth-order valence-electron chi connectivity index (χ4n) is 2.47. The molecule has 0 atom stereocenters. The number of benzene rings is 2. The van der Waals surface area contributed by atoms with Crippen LogP contribution in [0, 0.1) is 15.9 Å². The van der Waals surface area contributed by atoms with Gasteiger partial charge in [0.2, 0.25) is 0 Å². The van der Waals surface area contributed by atoms with E-state index in [1.165, 1.54) is 25.3 Å². The first-order valence-electron chi connectivity index (χ1n) is 7.48. The summed E-state index contributed by atoms with van der Waals surface area (Å²) in [5.41, 5.74) is 1.56. The summed E-state index contributed by atoms with van der Waals surface area (Å²) >= 11 is 0. The Balaban J connectivity index is 2.01. The van der Waals surface area contributed by atoms with Gasteiger partial charge in [-0.05, 0) is 42.0 Å². The zero-order valence-electron chi connectivity index (χ0n) is 13.8. The molecule has 0 radical (unpaired) electrons. The van der Waals surface area contributed by atoms with Crippen molar-refractivity contribution in [1.82, 2.24) is 5.43 Å². The van der Waals surface area contributed by atoms with Crippen molar-refractivity contribution in [2.45, 2.75) is 0 Å². The fraction of sp³-hybridized carbons (Fsp3) is 0.0588. The molecule has 1 aliphatic heterocycles. The van der Waals surface area contributed by atoms with Gasteiger partial charge in [-0.25, -0.2) is 9.40 Å². The van der Waals surface area contributed by atoms with Crippen LogP contribution in [-0.2, 0) is 9.59 Å². The molecule has 1 heterocycles. The number of ether oxygens (including phenoxy) is 1. The summed E-state index contributed by atoms with van der Waals surface area (Å²) in [7, 11) is 1.17. The number of hydrogen-bond acceptors (Lipinski definition) is 6. The molecule has 1 N–H and O–H groups in total. The molecular weight excluding hydrogens is 361 g/mol. The van der Waals surface area contributed by atoms with E-state index in [1.807, 2.05) is 0 Å². The van der Waals surface area contributed by atoms with E-state index < -0.39 is 34.0 Å². The Hall–Kier alpha value is -3.95. The number of rotatable bonds is 4. The summed E-state index contributed by atoms with van der Waals surface area (Å²) in [5.74, 6) is -3.21. The van der Waals surface area contributed by atoms with E-state index in [-0.39, 0.29) is 22.6 Å². The Kier molecular flexibility index (Phi) is 4.46. The number of methoxy groups -OCH3 is 1. The predicted molar refractivity (Wildman–Crippen MR) is 89.1 cm³/mol. The van der Waals surface area contributed by atoms with Crippen molar-refractivity contribution in [3.8, 4) is 11.5 Å². The molecule has 0 bridgehead atoms. The third-order valence-electron chi connectivity index (χ3n) is 3.76. The first-order valence-corrected chi connectivity index (χ1v) is 7.48. The highest BCUT2D eigenvalue weighted by Crippen LogP contribution is 2.35. The molecule has 0 aliphatic carbocycles. The van der Waals surface area contributed by atoms with Crippen LogP contribution in [0.15, 0.2) is 42.0 Å². The highest BCUT2D eigenvalue weighted by Gasteiger charge is 2.34. The lowest BCUT2D eigenvalue weighted by atomic mass is 10.1. The van der Waals surface area contributed by atoms with Crippen LogP contribution in [0.2, 0.25) is 0 Å². The standard InChI is InChI=1S/C17H12FN3O6/c1-27-14-8-9(7-13(15(14)22)21(25)26)6-12-16(23)19-20(17(12)24)11-4-2-10(18)3-5-11/h2-8,22H,1H3,(H,19,23)/p-1/b12-6-. The molecule has 0 unspecified atom stereocenters. The monoisotopic (exact) mass is 372 g/mol. The topological polar surface area (TPSA) is 125 Å². The maximum atomic E-state index is 13.0. The zero-order valence-corrected chi connectivity index (χ0v) is 13.8. The van der Waals surface area contributed by atoms with Crippen LogP contribution in [-0.4, -0.2) is 23.8 Å². The van der Waals surface area contributed by atoms with Gasteiger partial charge in [0.25, 0.3) is 17.5 Å². The van der Waals surface area contributed by atoms with Gasteiger partial charge < -0.3 is 9.84 Å². The predicted octanol–water partition coefficient (Wildman–Crippen LogP) is 1.28. The second-order valence-electron chi connectivity index (χ2n) is 5.44. The van der Waals surface area contributed by atoms with E-state index in [2.05, 4.69) is 5.43 Å². The molecule has 9 nitrogen and oxygen atoms in total. The summed E-state index contributed by atoms with van der Waals surface area (Å²) in [5, 5.41) is 23.8. The summed E-state index contributed by atoms with van der Waals surface area (Å²) in [4.78, 5) is 34.8. The number of hydrogen-bond donors (Lipinski definition) is 1. The molecule has 2 aromatic rings.